The number of hydrogen-bond donors (Lipinski definition) is 1. The molecule has 2 unspecified atom stereocenters. The molecule has 1 saturated heterocycles. The number of non-ortho nitro benzene ring substituents is 1. The highest BCUT2D eigenvalue weighted by atomic mass is 16.6. The Morgan fingerprint density at radius 2 is 2.41 bits per heavy atom. The Kier molecular flexibility index (Phi) is 3.13. The van der Waals surface area contributed by atoms with Crippen LogP contribution in [0.1, 0.15) is 18.9 Å². The molecule has 0 aromatic heterocycles. The predicted octanol–water partition coefficient (Wildman–Crippen LogP) is 1.64. The molecule has 2 atom stereocenters. The summed E-state index contributed by atoms with van der Waals surface area (Å²) in [6.07, 6.45) is 1.38. The van der Waals surface area contributed by atoms with Crippen molar-refractivity contribution in [3.05, 3.63) is 39.9 Å². The topological polar surface area (TPSA) is 78.4 Å². The Labute approximate surface area is 99.7 Å². The first-order valence-corrected chi connectivity index (χ1v) is 5.65. The average molecular weight is 236 g/mol. The highest BCUT2D eigenvalue weighted by molar-refractivity contribution is 5.35. The van der Waals surface area contributed by atoms with Crippen LogP contribution in [-0.4, -0.2) is 23.2 Å². The summed E-state index contributed by atoms with van der Waals surface area (Å²) in [5.41, 5.74) is 6.86. The van der Waals surface area contributed by atoms with Crippen molar-refractivity contribution in [2.45, 2.75) is 31.4 Å². The second kappa shape index (κ2) is 4.43. The highest BCUT2D eigenvalue weighted by Crippen LogP contribution is 2.28. The minimum Gasteiger partial charge on any atom is -0.377 e. The number of nitro groups is 1. The molecule has 1 fully saturated rings. The lowest BCUT2D eigenvalue weighted by Gasteiger charge is -2.27. The van der Waals surface area contributed by atoms with Crippen LogP contribution in [0.5, 0.6) is 0 Å². The van der Waals surface area contributed by atoms with Crippen LogP contribution in [0.2, 0.25) is 0 Å². The second-order valence-corrected chi connectivity index (χ2v) is 4.60. The molecule has 1 heterocycles. The summed E-state index contributed by atoms with van der Waals surface area (Å²) in [5, 5.41) is 10.7. The smallest absolute Gasteiger partial charge is 0.269 e. The van der Waals surface area contributed by atoms with E-state index < -0.39 is 5.54 Å². The maximum atomic E-state index is 10.7. The fraction of sp³-hybridized carbons (Fsp3) is 0.500. The van der Waals surface area contributed by atoms with E-state index in [0.29, 0.717) is 13.0 Å². The van der Waals surface area contributed by atoms with Gasteiger partial charge in [0.1, 0.15) is 0 Å². The van der Waals surface area contributed by atoms with Gasteiger partial charge in [0.05, 0.1) is 11.0 Å². The van der Waals surface area contributed by atoms with Crippen molar-refractivity contribution in [2.24, 2.45) is 5.73 Å². The zero-order valence-corrected chi connectivity index (χ0v) is 9.76. The summed E-state index contributed by atoms with van der Waals surface area (Å²) in [7, 11) is 0. The van der Waals surface area contributed by atoms with Gasteiger partial charge < -0.3 is 10.5 Å². The van der Waals surface area contributed by atoms with Crippen LogP contribution in [0.15, 0.2) is 24.3 Å². The molecule has 2 N–H and O–H groups in total. The second-order valence-electron chi connectivity index (χ2n) is 4.60. The summed E-state index contributed by atoms with van der Waals surface area (Å²) in [5.74, 6) is 0. The zero-order chi connectivity index (χ0) is 12.5. The van der Waals surface area contributed by atoms with Crippen LogP contribution >= 0.6 is 0 Å². The molecule has 0 saturated carbocycles. The van der Waals surface area contributed by atoms with E-state index in [1.165, 1.54) is 6.07 Å². The number of nitrogens with two attached hydrogens (primary N) is 1. The van der Waals surface area contributed by atoms with Gasteiger partial charge in [-0.1, -0.05) is 12.1 Å². The Morgan fingerprint density at radius 3 is 3.00 bits per heavy atom. The quantitative estimate of drug-likeness (QED) is 0.639. The van der Waals surface area contributed by atoms with Crippen molar-refractivity contribution in [1.29, 1.82) is 0 Å². The molecule has 5 nitrogen and oxygen atoms in total. The number of hydrogen-bond acceptors (Lipinski definition) is 4. The van der Waals surface area contributed by atoms with E-state index in [2.05, 4.69) is 0 Å². The maximum absolute atomic E-state index is 10.7. The Balaban J connectivity index is 2.18. The van der Waals surface area contributed by atoms with E-state index in [4.69, 9.17) is 10.5 Å². The van der Waals surface area contributed by atoms with E-state index in [1.807, 2.05) is 13.0 Å². The first kappa shape index (κ1) is 12.0. The minimum absolute atomic E-state index is 0.0123. The molecule has 0 spiro atoms. The lowest BCUT2D eigenvalue weighted by Crippen LogP contribution is -2.47. The average Bonchev–Trinajstić information content (AvgIpc) is 2.59. The molecular formula is C12H16N2O3. The summed E-state index contributed by atoms with van der Waals surface area (Å²) in [6, 6.07) is 6.63. The van der Waals surface area contributed by atoms with E-state index in [1.54, 1.807) is 12.1 Å². The van der Waals surface area contributed by atoms with Gasteiger partial charge in [0.15, 0.2) is 0 Å². The molecular weight excluding hydrogens is 220 g/mol. The highest BCUT2D eigenvalue weighted by Gasteiger charge is 2.37. The molecule has 1 aromatic rings. The Morgan fingerprint density at radius 1 is 1.65 bits per heavy atom. The third kappa shape index (κ3) is 2.45. The number of nitrogens with zero attached hydrogens (tertiary/aromatic N) is 1. The molecule has 0 radical (unpaired) electrons. The molecule has 5 heteroatoms. The number of benzene rings is 1. The van der Waals surface area contributed by atoms with Gasteiger partial charge >= 0.3 is 0 Å². The minimum atomic E-state index is -0.408. The summed E-state index contributed by atoms with van der Waals surface area (Å²) < 4.78 is 5.46. The molecule has 92 valence electrons. The normalized spacial score (nSPS) is 28.2. The van der Waals surface area contributed by atoms with E-state index in [0.717, 1.165) is 12.0 Å². The van der Waals surface area contributed by atoms with Crippen LogP contribution in [0.25, 0.3) is 0 Å². The first-order valence-electron chi connectivity index (χ1n) is 5.65. The number of rotatable bonds is 3. The van der Waals surface area contributed by atoms with E-state index in [9.17, 15) is 10.1 Å². The van der Waals surface area contributed by atoms with Crippen LogP contribution in [-0.2, 0) is 11.2 Å². The molecule has 1 aliphatic rings. The van der Waals surface area contributed by atoms with Crippen molar-refractivity contribution in [1.82, 2.24) is 0 Å². The molecule has 1 aromatic carbocycles. The van der Waals surface area contributed by atoms with Crippen LogP contribution in [0.3, 0.4) is 0 Å². The molecule has 2 rings (SSSR count). The van der Waals surface area contributed by atoms with Gasteiger partial charge in [-0.25, -0.2) is 0 Å². The molecule has 17 heavy (non-hydrogen) atoms. The first-order chi connectivity index (χ1) is 8.01. The maximum Gasteiger partial charge on any atom is 0.269 e. The third-order valence-electron chi connectivity index (χ3n) is 3.40. The number of nitro benzene ring substituents is 1. The van der Waals surface area contributed by atoms with Crippen molar-refractivity contribution >= 4 is 5.69 Å². The summed E-state index contributed by atoms with van der Waals surface area (Å²) in [4.78, 5) is 10.3. The van der Waals surface area contributed by atoms with E-state index in [-0.39, 0.29) is 16.7 Å². The lowest BCUT2D eigenvalue weighted by molar-refractivity contribution is -0.384. The van der Waals surface area contributed by atoms with Crippen LogP contribution in [0.4, 0.5) is 5.69 Å². The van der Waals surface area contributed by atoms with Gasteiger partial charge in [-0.3, -0.25) is 10.1 Å². The van der Waals surface area contributed by atoms with Crippen molar-refractivity contribution < 1.29 is 9.66 Å². The molecule has 0 amide bonds. The van der Waals surface area contributed by atoms with Crippen molar-refractivity contribution in [2.75, 3.05) is 6.61 Å². The van der Waals surface area contributed by atoms with Gasteiger partial charge in [-0.15, -0.1) is 0 Å². The van der Waals surface area contributed by atoms with Crippen LogP contribution in [0, 0.1) is 10.1 Å². The van der Waals surface area contributed by atoms with Gasteiger partial charge in [-0.2, -0.15) is 0 Å². The summed E-state index contributed by atoms with van der Waals surface area (Å²) >= 11 is 0. The molecule has 0 bridgehead atoms. The Hall–Kier alpha value is -1.46. The third-order valence-corrected chi connectivity index (χ3v) is 3.40. The number of ether oxygens (including phenoxy) is 1. The van der Waals surface area contributed by atoms with E-state index >= 15 is 0 Å². The fourth-order valence-corrected chi connectivity index (χ4v) is 2.19. The predicted molar refractivity (Wildman–Crippen MR) is 63.7 cm³/mol. The SMILES string of the molecule is CC1OCCC1(N)Cc1cccc([N+](=O)[O-])c1. The van der Waals surface area contributed by atoms with Gasteiger partial charge in [0, 0.05) is 24.3 Å². The van der Waals surface area contributed by atoms with Gasteiger partial charge in [-0.05, 0) is 25.3 Å². The lowest BCUT2D eigenvalue weighted by atomic mass is 9.86. The fourth-order valence-electron chi connectivity index (χ4n) is 2.19. The molecule has 0 aliphatic carbocycles. The van der Waals surface area contributed by atoms with Crippen molar-refractivity contribution in [3.63, 3.8) is 0 Å². The monoisotopic (exact) mass is 236 g/mol. The molecule has 1 aliphatic heterocycles. The van der Waals surface area contributed by atoms with Gasteiger partial charge in [0.2, 0.25) is 0 Å². The zero-order valence-electron chi connectivity index (χ0n) is 9.76. The van der Waals surface area contributed by atoms with Crippen LogP contribution < -0.4 is 5.73 Å². The summed E-state index contributed by atoms with van der Waals surface area (Å²) in [6.45, 7) is 2.61. The largest absolute Gasteiger partial charge is 0.377 e. The Bertz CT molecular complexity index is 436. The van der Waals surface area contributed by atoms with Crippen molar-refractivity contribution in [3.8, 4) is 0 Å². The van der Waals surface area contributed by atoms with Gasteiger partial charge in [0.25, 0.3) is 5.69 Å². The standard InChI is InChI=1S/C12H16N2O3/c1-9-12(13,5-6-17-9)8-10-3-2-4-11(7-10)14(15)16/h2-4,7,9H,5-6,8,13H2,1H3.